The Morgan fingerprint density at radius 3 is 2.65 bits per heavy atom. The van der Waals surface area contributed by atoms with Crippen LogP contribution in [0.2, 0.25) is 0 Å². The minimum atomic E-state index is 0. The zero-order valence-corrected chi connectivity index (χ0v) is 11.7. The molecule has 0 bridgehead atoms. The Kier molecular flexibility index (Phi) is 5.31. The monoisotopic (exact) mass is 313 g/mol. The summed E-state index contributed by atoms with van der Waals surface area (Å²) in [4.78, 5) is 10.5. The van der Waals surface area contributed by atoms with Crippen molar-refractivity contribution >= 4 is 17.6 Å². The highest BCUT2D eigenvalue weighted by Gasteiger charge is 2.13. The molecule has 1 aromatic carbocycles. The van der Waals surface area contributed by atoms with Gasteiger partial charge in [-0.25, -0.2) is 0 Å². The lowest BCUT2D eigenvalue weighted by molar-refractivity contribution is -0.667. The zero-order chi connectivity index (χ0) is 11.4. The number of hydrogen-bond acceptors (Lipinski definition) is 3. The second-order valence-corrected chi connectivity index (χ2v) is 4.15. The first-order chi connectivity index (χ1) is 7.85. The first kappa shape index (κ1) is 13.9. The van der Waals surface area contributed by atoms with Crippen LogP contribution < -0.4 is 26.3 Å². The molecule has 0 aliphatic carbocycles. The lowest BCUT2D eigenvalue weighted by Gasteiger charge is -1.99. The summed E-state index contributed by atoms with van der Waals surface area (Å²) in [6.07, 6.45) is 2.82. The van der Waals surface area contributed by atoms with Crippen LogP contribution in [0.15, 0.2) is 35.8 Å². The Morgan fingerprint density at radius 1 is 1.35 bits per heavy atom. The van der Waals surface area contributed by atoms with Gasteiger partial charge < -0.3 is 21.7 Å². The van der Waals surface area contributed by atoms with Crippen LogP contribution in [0.1, 0.15) is 0 Å². The van der Waals surface area contributed by atoms with Gasteiger partial charge in [0, 0.05) is 0 Å². The number of rotatable bonds is 4. The molecule has 0 aliphatic rings. The molecule has 0 spiro atoms. The third-order valence-corrected chi connectivity index (χ3v) is 3.24. The van der Waals surface area contributed by atoms with E-state index in [1.54, 1.807) is 18.4 Å². The van der Waals surface area contributed by atoms with E-state index in [0.29, 0.717) is 6.54 Å². The van der Waals surface area contributed by atoms with Crippen LogP contribution in [0, 0.1) is 0 Å². The minimum absolute atomic E-state index is 0. The highest BCUT2D eigenvalue weighted by Crippen LogP contribution is 2.22. The number of nitrogens with zero attached hydrogens (tertiary/aromatic N) is 1. The van der Waals surface area contributed by atoms with E-state index in [9.17, 15) is 4.79 Å². The number of aromatic nitrogens is 1. The number of thiazole rings is 1. The highest BCUT2D eigenvalue weighted by atomic mass is 79.9. The van der Waals surface area contributed by atoms with E-state index in [1.165, 1.54) is 0 Å². The van der Waals surface area contributed by atoms with Gasteiger partial charge in [-0.1, -0.05) is 11.3 Å². The topological polar surface area (TPSA) is 30.2 Å². The molecule has 0 aliphatic heterocycles. The Balaban J connectivity index is 0.00000144. The Hall–Kier alpha value is -1.20. The van der Waals surface area contributed by atoms with Gasteiger partial charge in [-0.05, 0) is 24.3 Å². The van der Waals surface area contributed by atoms with E-state index >= 15 is 0 Å². The first-order valence-corrected chi connectivity index (χ1v) is 5.78. The summed E-state index contributed by atoms with van der Waals surface area (Å²) in [7, 11) is 1.65. The molecule has 0 atom stereocenters. The number of halogens is 1. The van der Waals surface area contributed by atoms with Gasteiger partial charge in [0.2, 0.25) is 6.54 Å². The molecule has 5 heteroatoms. The molecular formula is C12H12BrNO2S. The summed E-state index contributed by atoms with van der Waals surface area (Å²) in [5.41, 5.74) is 1.10. The SMILES string of the molecule is COc1ccc(-c2scc[n+]2CC=O)cc1.[Br-]. The van der Waals surface area contributed by atoms with Crippen molar-refractivity contribution in [1.82, 2.24) is 0 Å². The van der Waals surface area contributed by atoms with Crippen molar-refractivity contribution in [3.05, 3.63) is 35.8 Å². The fourth-order valence-corrected chi connectivity index (χ4v) is 2.37. The minimum Gasteiger partial charge on any atom is -1.00 e. The number of methoxy groups -OCH3 is 1. The smallest absolute Gasteiger partial charge is 0.269 e. The van der Waals surface area contributed by atoms with Gasteiger partial charge in [-0.15, -0.1) is 0 Å². The maximum Gasteiger partial charge on any atom is 0.269 e. The molecule has 0 unspecified atom stereocenters. The predicted molar refractivity (Wildman–Crippen MR) is 62.6 cm³/mol. The fourth-order valence-electron chi connectivity index (χ4n) is 1.50. The molecule has 2 aromatic rings. The molecular weight excluding hydrogens is 302 g/mol. The Morgan fingerprint density at radius 2 is 2.06 bits per heavy atom. The van der Waals surface area contributed by atoms with Crippen molar-refractivity contribution in [3.63, 3.8) is 0 Å². The third kappa shape index (κ3) is 3.14. The molecule has 0 fully saturated rings. The van der Waals surface area contributed by atoms with E-state index in [-0.39, 0.29) is 17.0 Å². The molecule has 3 nitrogen and oxygen atoms in total. The number of carbonyl (C=O) groups excluding carboxylic acids is 1. The Labute approximate surface area is 114 Å². The van der Waals surface area contributed by atoms with Crippen molar-refractivity contribution in [2.45, 2.75) is 6.54 Å². The molecule has 17 heavy (non-hydrogen) atoms. The zero-order valence-electron chi connectivity index (χ0n) is 9.30. The Bertz CT molecular complexity index is 482. The van der Waals surface area contributed by atoms with Gasteiger partial charge in [0.05, 0.1) is 18.1 Å². The average Bonchev–Trinajstić information content (AvgIpc) is 2.78. The van der Waals surface area contributed by atoms with Crippen LogP contribution in [0.3, 0.4) is 0 Å². The van der Waals surface area contributed by atoms with Crippen LogP contribution in [0.5, 0.6) is 5.75 Å². The van der Waals surface area contributed by atoms with Crippen molar-refractivity contribution < 1.29 is 31.1 Å². The van der Waals surface area contributed by atoms with E-state index in [1.807, 2.05) is 40.4 Å². The molecule has 2 rings (SSSR count). The van der Waals surface area contributed by atoms with E-state index in [0.717, 1.165) is 22.6 Å². The summed E-state index contributed by atoms with van der Waals surface area (Å²) < 4.78 is 7.03. The molecule has 90 valence electrons. The van der Waals surface area contributed by atoms with Crippen LogP contribution in [-0.2, 0) is 11.3 Å². The first-order valence-electron chi connectivity index (χ1n) is 4.90. The molecule has 0 N–H and O–H groups in total. The van der Waals surface area contributed by atoms with Gasteiger partial charge in [0.25, 0.3) is 5.01 Å². The second kappa shape index (κ2) is 6.51. The largest absolute Gasteiger partial charge is 1.00 e. The van der Waals surface area contributed by atoms with Crippen LogP contribution in [0.4, 0.5) is 0 Å². The van der Waals surface area contributed by atoms with Crippen molar-refractivity contribution in [2.75, 3.05) is 7.11 Å². The van der Waals surface area contributed by atoms with Gasteiger partial charge >= 0.3 is 0 Å². The molecule has 0 radical (unpaired) electrons. The number of carbonyl (C=O) groups is 1. The lowest BCUT2D eigenvalue weighted by Crippen LogP contribution is -3.00. The number of benzene rings is 1. The summed E-state index contributed by atoms with van der Waals surface area (Å²) in [6.45, 7) is 0.394. The number of aldehydes is 1. The van der Waals surface area contributed by atoms with Gasteiger partial charge in [-0.2, -0.15) is 4.57 Å². The van der Waals surface area contributed by atoms with Crippen molar-refractivity contribution in [3.8, 4) is 16.3 Å². The molecule has 1 heterocycles. The van der Waals surface area contributed by atoms with Crippen molar-refractivity contribution in [1.29, 1.82) is 0 Å². The summed E-state index contributed by atoms with van der Waals surface area (Å²) in [5, 5.41) is 3.05. The predicted octanol–water partition coefficient (Wildman–Crippen LogP) is -1.09. The van der Waals surface area contributed by atoms with E-state index in [2.05, 4.69) is 0 Å². The van der Waals surface area contributed by atoms with Gasteiger partial charge in [0.15, 0.2) is 12.5 Å². The molecule has 0 saturated heterocycles. The highest BCUT2D eigenvalue weighted by molar-refractivity contribution is 7.12. The maximum absolute atomic E-state index is 10.5. The number of hydrogen-bond donors (Lipinski definition) is 0. The molecule has 1 aromatic heterocycles. The molecule has 0 saturated carbocycles. The maximum atomic E-state index is 10.5. The lowest BCUT2D eigenvalue weighted by atomic mass is 10.2. The van der Waals surface area contributed by atoms with Crippen LogP contribution >= 0.6 is 11.3 Å². The fraction of sp³-hybridized carbons (Fsp3) is 0.167. The van der Waals surface area contributed by atoms with E-state index < -0.39 is 0 Å². The standard InChI is InChI=1S/C12H12NO2S.BrH/c1-15-11-4-2-10(3-5-11)12-13(6-8-14)7-9-16-12;/h2-5,7-9H,6H2,1H3;1H/q+1;/p-1. The van der Waals surface area contributed by atoms with Gasteiger partial charge in [0.1, 0.15) is 5.75 Å². The summed E-state index contributed by atoms with van der Waals surface area (Å²) in [6, 6.07) is 7.82. The number of ether oxygens (including phenoxy) is 1. The quantitative estimate of drug-likeness (QED) is 0.531. The second-order valence-electron chi connectivity index (χ2n) is 3.26. The average molecular weight is 314 g/mol. The normalized spacial score (nSPS) is 9.47. The van der Waals surface area contributed by atoms with Crippen LogP contribution in [-0.4, -0.2) is 13.4 Å². The molecule has 0 amide bonds. The van der Waals surface area contributed by atoms with Crippen molar-refractivity contribution in [2.24, 2.45) is 0 Å². The van der Waals surface area contributed by atoms with E-state index in [4.69, 9.17) is 4.74 Å². The van der Waals surface area contributed by atoms with Crippen LogP contribution in [0.25, 0.3) is 10.6 Å². The van der Waals surface area contributed by atoms with Gasteiger partial charge in [-0.3, -0.25) is 4.79 Å². The summed E-state index contributed by atoms with van der Waals surface area (Å²) >= 11 is 1.62. The third-order valence-electron chi connectivity index (χ3n) is 2.29. The summed E-state index contributed by atoms with van der Waals surface area (Å²) in [5.74, 6) is 0.835.